The van der Waals surface area contributed by atoms with Crippen molar-refractivity contribution in [2.75, 3.05) is 19.1 Å². The summed E-state index contributed by atoms with van der Waals surface area (Å²) in [6.07, 6.45) is 4.49. The van der Waals surface area contributed by atoms with Gasteiger partial charge >= 0.3 is 0 Å². The molecule has 1 fully saturated rings. The lowest BCUT2D eigenvalue weighted by atomic mass is 10.2. The normalized spacial score (nSPS) is 16.8. The highest BCUT2D eigenvalue weighted by Gasteiger charge is 2.42. The van der Waals surface area contributed by atoms with E-state index in [2.05, 4.69) is 11.2 Å². The van der Waals surface area contributed by atoms with E-state index in [0.29, 0.717) is 11.5 Å². The summed E-state index contributed by atoms with van der Waals surface area (Å²) in [6.45, 7) is 0.811. The third-order valence-corrected chi connectivity index (χ3v) is 5.14. The first-order valence-electron chi connectivity index (χ1n) is 6.13. The maximum Gasteiger partial charge on any atom is 0.201 e. The predicted octanol–water partition coefficient (Wildman–Crippen LogP) is 2.66. The molecule has 3 rings (SSSR count). The molecule has 0 radical (unpaired) electrons. The summed E-state index contributed by atoms with van der Waals surface area (Å²) in [4.78, 5) is 4.23. The summed E-state index contributed by atoms with van der Waals surface area (Å²) < 4.78 is 20.9. The predicted molar refractivity (Wildman–Crippen MR) is 76.1 cm³/mol. The summed E-state index contributed by atoms with van der Waals surface area (Å²) in [5.41, 5.74) is 7.37. The molecular weight excluding hydrogens is 265 g/mol. The molecule has 1 aromatic carbocycles. The number of fused-ring (bicyclic) bond motifs is 1. The van der Waals surface area contributed by atoms with Crippen LogP contribution in [-0.4, -0.2) is 27.7 Å². The molecule has 19 heavy (non-hydrogen) atoms. The van der Waals surface area contributed by atoms with Crippen LogP contribution in [0.4, 0.5) is 10.3 Å². The van der Waals surface area contributed by atoms with Gasteiger partial charge in [-0.3, -0.25) is 0 Å². The van der Waals surface area contributed by atoms with E-state index >= 15 is 0 Å². The molecule has 1 heterocycles. The van der Waals surface area contributed by atoms with E-state index in [0.717, 1.165) is 12.1 Å². The van der Waals surface area contributed by atoms with Gasteiger partial charge in [0.05, 0.1) is 18.1 Å². The number of ether oxygens (including phenoxy) is 1. The maximum atomic E-state index is 13.7. The number of nitrogens with two attached hydrogens (primary N) is 1. The van der Waals surface area contributed by atoms with E-state index < -0.39 is 5.82 Å². The minimum atomic E-state index is -0.411. The van der Waals surface area contributed by atoms with Crippen molar-refractivity contribution in [3.8, 4) is 5.75 Å². The van der Waals surface area contributed by atoms with Crippen LogP contribution in [0.25, 0.3) is 11.0 Å². The first-order valence-corrected chi connectivity index (χ1v) is 7.35. The average molecular weight is 281 g/mol. The Morgan fingerprint density at radius 1 is 1.53 bits per heavy atom. The molecule has 1 aliphatic carbocycles. The third kappa shape index (κ3) is 2.04. The topological polar surface area (TPSA) is 53.1 Å². The van der Waals surface area contributed by atoms with Crippen LogP contribution in [0.3, 0.4) is 0 Å². The number of imidazole rings is 1. The molecule has 0 unspecified atom stereocenters. The number of thioether (sulfide) groups is 1. The largest absolute Gasteiger partial charge is 0.494 e. The van der Waals surface area contributed by atoms with E-state index in [1.54, 1.807) is 6.07 Å². The van der Waals surface area contributed by atoms with Crippen LogP contribution in [-0.2, 0) is 6.54 Å². The summed E-state index contributed by atoms with van der Waals surface area (Å²) >= 11 is 1.86. The van der Waals surface area contributed by atoms with Crippen molar-refractivity contribution in [1.29, 1.82) is 0 Å². The molecular formula is C13H16FN3OS. The van der Waals surface area contributed by atoms with Crippen molar-refractivity contribution < 1.29 is 9.13 Å². The van der Waals surface area contributed by atoms with Crippen LogP contribution in [0.15, 0.2) is 12.1 Å². The first kappa shape index (κ1) is 12.6. The molecule has 1 saturated carbocycles. The van der Waals surface area contributed by atoms with Gasteiger partial charge in [0.2, 0.25) is 5.95 Å². The Morgan fingerprint density at radius 3 is 2.84 bits per heavy atom. The van der Waals surface area contributed by atoms with Gasteiger partial charge in [0.25, 0.3) is 0 Å². The zero-order chi connectivity index (χ0) is 13.6. The minimum absolute atomic E-state index is 0.225. The number of hydrogen-bond acceptors (Lipinski definition) is 4. The lowest BCUT2D eigenvalue weighted by molar-refractivity contribution is 0.387. The minimum Gasteiger partial charge on any atom is -0.494 e. The first-order chi connectivity index (χ1) is 9.08. The Balaban J connectivity index is 2.10. The van der Waals surface area contributed by atoms with E-state index in [4.69, 9.17) is 10.5 Å². The number of anilines is 1. The van der Waals surface area contributed by atoms with E-state index in [9.17, 15) is 4.39 Å². The van der Waals surface area contributed by atoms with Gasteiger partial charge in [0, 0.05) is 23.4 Å². The quantitative estimate of drug-likeness (QED) is 0.936. The number of rotatable bonds is 4. The number of methoxy groups -OCH3 is 1. The lowest BCUT2D eigenvalue weighted by Gasteiger charge is -2.15. The summed E-state index contributed by atoms with van der Waals surface area (Å²) in [7, 11) is 1.46. The molecule has 2 aromatic rings. The molecule has 2 N–H and O–H groups in total. The molecule has 1 aliphatic rings. The fourth-order valence-electron chi connectivity index (χ4n) is 2.32. The molecule has 0 atom stereocenters. The molecule has 0 amide bonds. The SMILES string of the molecule is COc1cc2c(cc1F)nc(N)n2CC1(SC)CC1. The Labute approximate surface area is 115 Å². The number of halogens is 1. The zero-order valence-corrected chi connectivity index (χ0v) is 11.8. The zero-order valence-electron chi connectivity index (χ0n) is 10.9. The van der Waals surface area contributed by atoms with Crippen LogP contribution in [0.1, 0.15) is 12.8 Å². The van der Waals surface area contributed by atoms with Crippen molar-refractivity contribution in [1.82, 2.24) is 9.55 Å². The second kappa shape index (κ2) is 4.30. The molecule has 1 aromatic heterocycles. The van der Waals surface area contributed by atoms with Gasteiger partial charge in [-0.05, 0) is 19.1 Å². The third-order valence-electron chi connectivity index (χ3n) is 3.74. The van der Waals surface area contributed by atoms with Crippen molar-refractivity contribution in [3.63, 3.8) is 0 Å². The van der Waals surface area contributed by atoms with Gasteiger partial charge in [-0.2, -0.15) is 11.8 Å². The van der Waals surface area contributed by atoms with Gasteiger partial charge in [0.1, 0.15) is 0 Å². The second-order valence-electron chi connectivity index (χ2n) is 4.92. The molecule has 6 heteroatoms. The fourth-order valence-corrected chi connectivity index (χ4v) is 3.09. The summed E-state index contributed by atoms with van der Waals surface area (Å²) in [5, 5.41) is 0. The number of benzene rings is 1. The lowest BCUT2D eigenvalue weighted by Crippen LogP contribution is -2.15. The van der Waals surface area contributed by atoms with Crippen molar-refractivity contribution in [3.05, 3.63) is 17.9 Å². The summed E-state index contributed by atoms with van der Waals surface area (Å²) in [6, 6.07) is 3.05. The van der Waals surface area contributed by atoms with Gasteiger partial charge in [0.15, 0.2) is 11.6 Å². The average Bonchev–Trinajstić information content (AvgIpc) is 3.11. The summed E-state index contributed by atoms with van der Waals surface area (Å²) in [5.74, 6) is 0.247. The highest BCUT2D eigenvalue weighted by Crippen LogP contribution is 2.49. The Morgan fingerprint density at radius 2 is 2.26 bits per heavy atom. The number of nitrogens with zero attached hydrogens (tertiary/aromatic N) is 2. The van der Waals surface area contributed by atoms with E-state index in [1.807, 2.05) is 16.3 Å². The van der Waals surface area contributed by atoms with Crippen LogP contribution in [0, 0.1) is 5.82 Å². The van der Waals surface area contributed by atoms with Gasteiger partial charge in [-0.1, -0.05) is 0 Å². The fraction of sp³-hybridized carbons (Fsp3) is 0.462. The molecule has 0 aliphatic heterocycles. The number of hydrogen-bond donors (Lipinski definition) is 1. The van der Waals surface area contributed by atoms with Crippen molar-refractivity contribution >= 4 is 28.7 Å². The Kier molecular flexibility index (Phi) is 2.85. The van der Waals surface area contributed by atoms with Gasteiger partial charge in [-0.15, -0.1) is 0 Å². The standard InChI is InChI=1S/C13H16FN3OS/c1-18-11-6-10-9(5-8(11)14)16-12(15)17(10)7-13(19-2)3-4-13/h5-6H,3-4,7H2,1-2H3,(H2,15,16). The van der Waals surface area contributed by atoms with E-state index in [1.165, 1.54) is 26.0 Å². The number of nitrogen functional groups attached to an aromatic ring is 1. The van der Waals surface area contributed by atoms with Gasteiger partial charge < -0.3 is 15.0 Å². The monoisotopic (exact) mass is 281 g/mol. The second-order valence-corrected chi connectivity index (χ2v) is 6.19. The van der Waals surface area contributed by atoms with E-state index in [-0.39, 0.29) is 10.5 Å². The number of aromatic nitrogens is 2. The molecule has 0 saturated heterocycles. The molecule has 0 bridgehead atoms. The van der Waals surface area contributed by atoms with Crippen LogP contribution in [0.5, 0.6) is 5.75 Å². The van der Waals surface area contributed by atoms with Crippen LogP contribution >= 0.6 is 11.8 Å². The highest BCUT2D eigenvalue weighted by atomic mass is 32.2. The van der Waals surface area contributed by atoms with Crippen LogP contribution < -0.4 is 10.5 Å². The molecule has 4 nitrogen and oxygen atoms in total. The van der Waals surface area contributed by atoms with Crippen LogP contribution in [0.2, 0.25) is 0 Å². The Bertz CT molecular complexity index is 636. The van der Waals surface area contributed by atoms with Gasteiger partial charge in [-0.25, -0.2) is 9.37 Å². The smallest absolute Gasteiger partial charge is 0.201 e. The Hall–Kier alpha value is -1.43. The molecule has 102 valence electrons. The molecule has 0 spiro atoms. The van der Waals surface area contributed by atoms with Crippen molar-refractivity contribution in [2.45, 2.75) is 24.1 Å². The highest BCUT2D eigenvalue weighted by molar-refractivity contribution is 8.00. The van der Waals surface area contributed by atoms with Crippen molar-refractivity contribution in [2.24, 2.45) is 0 Å². The maximum absolute atomic E-state index is 13.7.